The largest absolute Gasteiger partial charge is 0.493 e. The Labute approximate surface area is 214 Å². The number of rotatable bonds is 5. The topological polar surface area (TPSA) is 118 Å². The number of carbonyl (C=O) groups excluding carboxylic acids is 1. The zero-order valence-electron chi connectivity index (χ0n) is 21.4. The van der Waals surface area contributed by atoms with Crippen LogP contribution in [0.4, 0.5) is 15.0 Å². The average Bonchev–Trinajstić information content (AvgIpc) is 3.63. The molecule has 194 valence electrons. The maximum absolute atomic E-state index is 15.2. The summed E-state index contributed by atoms with van der Waals surface area (Å²) in [5.74, 6) is 0.580. The van der Waals surface area contributed by atoms with Crippen molar-refractivity contribution in [3.05, 3.63) is 35.5 Å². The van der Waals surface area contributed by atoms with Crippen molar-refractivity contribution < 1.29 is 18.7 Å². The van der Waals surface area contributed by atoms with Crippen molar-refractivity contribution in [1.82, 2.24) is 24.5 Å². The number of methoxy groups -OCH3 is 1. The number of nitrogens with zero attached hydrogens (tertiary/aromatic N) is 6. The molecule has 5 rings (SSSR count). The lowest BCUT2D eigenvalue weighted by molar-refractivity contribution is 0.0206. The Bertz CT molecular complexity index is 1390. The Hall–Kier alpha value is -3.94. The first-order valence-electron chi connectivity index (χ1n) is 12.4. The molecule has 1 N–H and O–H groups in total. The molecule has 1 unspecified atom stereocenters. The number of likely N-dealkylation sites (tertiary alicyclic amines) is 1. The van der Waals surface area contributed by atoms with Crippen molar-refractivity contribution in [2.24, 2.45) is 0 Å². The van der Waals surface area contributed by atoms with Gasteiger partial charge in [0, 0.05) is 25.0 Å². The second-order valence-corrected chi connectivity index (χ2v) is 10.5. The fraction of sp³-hybridized carbons (Fsp3) is 0.500. The minimum absolute atomic E-state index is 0.0516. The molecule has 1 amide bonds. The number of anilines is 1. The van der Waals surface area contributed by atoms with Gasteiger partial charge in [0.1, 0.15) is 23.2 Å². The van der Waals surface area contributed by atoms with Crippen LogP contribution in [0, 0.1) is 17.1 Å². The molecule has 2 aliphatic rings. The quantitative estimate of drug-likeness (QED) is 0.536. The zero-order chi connectivity index (χ0) is 26.3. The van der Waals surface area contributed by atoms with Crippen LogP contribution in [0.1, 0.15) is 63.6 Å². The molecular weight excluding hydrogens is 477 g/mol. The van der Waals surface area contributed by atoms with Crippen molar-refractivity contribution >= 4 is 17.6 Å². The van der Waals surface area contributed by atoms with Crippen molar-refractivity contribution in [2.45, 2.75) is 64.0 Å². The molecule has 0 spiro atoms. The lowest BCUT2D eigenvalue weighted by Gasteiger charge is -2.34. The van der Waals surface area contributed by atoms with E-state index in [1.807, 2.05) is 26.8 Å². The number of ether oxygens (including phenoxy) is 2. The molecule has 11 heteroatoms. The minimum Gasteiger partial charge on any atom is -0.493 e. The lowest BCUT2D eigenvalue weighted by Crippen LogP contribution is -2.47. The Morgan fingerprint density at radius 1 is 1.27 bits per heavy atom. The van der Waals surface area contributed by atoms with E-state index in [1.54, 1.807) is 22.7 Å². The van der Waals surface area contributed by atoms with E-state index in [1.165, 1.54) is 12.3 Å². The highest BCUT2D eigenvalue weighted by molar-refractivity contribution is 5.77. The van der Waals surface area contributed by atoms with E-state index in [-0.39, 0.29) is 29.2 Å². The summed E-state index contributed by atoms with van der Waals surface area (Å²) in [6, 6.07) is 3.03. The summed E-state index contributed by atoms with van der Waals surface area (Å²) in [7, 11) is 1.59. The van der Waals surface area contributed by atoms with Crippen LogP contribution >= 0.6 is 0 Å². The number of halogens is 1. The summed E-state index contributed by atoms with van der Waals surface area (Å²) in [5, 5.41) is 17.3. The molecule has 1 saturated carbocycles. The van der Waals surface area contributed by atoms with Crippen LogP contribution in [-0.4, -0.2) is 62.4 Å². The summed E-state index contributed by atoms with van der Waals surface area (Å²) in [6.45, 7) is 6.45. The summed E-state index contributed by atoms with van der Waals surface area (Å²) in [5.41, 5.74) is 1.27. The van der Waals surface area contributed by atoms with Crippen molar-refractivity contribution in [2.75, 3.05) is 25.5 Å². The van der Waals surface area contributed by atoms with Gasteiger partial charge in [0.05, 0.1) is 36.3 Å². The highest BCUT2D eigenvalue weighted by atomic mass is 19.1. The molecule has 10 nitrogen and oxygen atoms in total. The maximum Gasteiger partial charge on any atom is 0.410 e. The van der Waals surface area contributed by atoms with E-state index < -0.39 is 11.4 Å². The third-order valence-corrected chi connectivity index (χ3v) is 6.44. The first-order valence-corrected chi connectivity index (χ1v) is 12.4. The molecule has 0 radical (unpaired) electrons. The number of pyridine rings is 1. The number of hydrogen-bond donors (Lipinski definition) is 1. The summed E-state index contributed by atoms with van der Waals surface area (Å²) < 4.78 is 27.8. The molecule has 1 saturated heterocycles. The number of nitrogens with one attached hydrogen (secondary N) is 1. The summed E-state index contributed by atoms with van der Waals surface area (Å²) >= 11 is 0. The van der Waals surface area contributed by atoms with Crippen LogP contribution in [0.25, 0.3) is 16.9 Å². The van der Waals surface area contributed by atoms with Crippen molar-refractivity contribution in [3.63, 3.8) is 0 Å². The van der Waals surface area contributed by atoms with Crippen LogP contribution in [-0.2, 0) is 4.74 Å². The Balaban J connectivity index is 1.45. The Morgan fingerprint density at radius 2 is 2.05 bits per heavy atom. The molecule has 3 aromatic heterocycles. The number of aromatic nitrogens is 4. The first-order chi connectivity index (χ1) is 17.7. The van der Waals surface area contributed by atoms with E-state index >= 15 is 4.39 Å². The van der Waals surface area contributed by atoms with E-state index in [0.29, 0.717) is 36.0 Å². The number of nitriles is 1. The second kappa shape index (κ2) is 9.50. The maximum atomic E-state index is 15.2. The number of hydrogen-bond acceptors (Lipinski definition) is 8. The van der Waals surface area contributed by atoms with Crippen LogP contribution in [0.2, 0.25) is 0 Å². The van der Waals surface area contributed by atoms with Gasteiger partial charge in [-0.3, -0.25) is 0 Å². The molecular formula is C26H30FN7O3. The number of carbonyl (C=O) groups is 1. The number of fused-ring (bicyclic) bond motifs is 1. The molecule has 0 aromatic carbocycles. The van der Waals surface area contributed by atoms with Gasteiger partial charge in [0.15, 0.2) is 17.2 Å². The molecule has 4 heterocycles. The van der Waals surface area contributed by atoms with Crippen LogP contribution in [0.5, 0.6) is 5.75 Å². The number of piperidine rings is 1. The lowest BCUT2D eigenvalue weighted by atomic mass is 10.1. The standard InChI is InChI=1S/C26H30FN7O3/c1-26(2,3)37-25(35)33-9-5-6-17(13-33)30-23-16(11-28)10-19(27)22(31-23)18-12-29-34-14-20(36-4)21(15-7-8-15)32-24(18)34/h10,12,14-15,17H,5-9,13H2,1-4H3,(H,30,31). The minimum atomic E-state index is -0.637. The molecule has 3 aromatic rings. The highest BCUT2D eigenvalue weighted by Gasteiger charge is 2.31. The second-order valence-electron chi connectivity index (χ2n) is 10.5. The van der Waals surface area contributed by atoms with Crippen LogP contribution in [0.15, 0.2) is 18.5 Å². The van der Waals surface area contributed by atoms with Gasteiger partial charge in [-0.15, -0.1) is 0 Å². The molecule has 37 heavy (non-hydrogen) atoms. The van der Waals surface area contributed by atoms with E-state index in [9.17, 15) is 10.1 Å². The summed E-state index contributed by atoms with van der Waals surface area (Å²) in [6.07, 6.45) is 6.46. The van der Waals surface area contributed by atoms with E-state index in [2.05, 4.69) is 15.4 Å². The van der Waals surface area contributed by atoms with Gasteiger partial charge < -0.3 is 19.7 Å². The van der Waals surface area contributed by atoms with Gasteiger partial charge in [-0.25, -0.2) is 23.7 Å². The van der Waals surface area contributed by atoms with Gasteiger partial charge in [-0.1, -0.05) is 0 Å². The Kier molecular flexibility index (Phi) is 6.35. The van der Waals surface area contributed by atoms with Gasteiger partial charge in [-0.05, 0) is 52.5 Å². The number of amides is 1. The van der Waals surface area contributed by atoms with E-state index in [4.69, 9.17) is 14.5 Å². The zero-order valence-corrected chi connectivity index (χ0v) is 21.4. The first kappa shape index (κ1) is 24.7. The predicted octanol–water partition coefficient (Wildman–Crippen LogP) is 4.50. The van der Waals surface area contributed by atoms with E-state index in [0.717, 1.165) is 31.4 Å². The third kappa shape index (κ3) is 5.14. The van der Waals surface area contributed by atoms with Crippen LogP contribution < -0.4 is 10.1 Å². The Morgan fingerprint density at radius 3 is 2.73 bits per heavy atom. The summed E-state index contributed by atoms with van der Waals surface area (Å²) in [4.78, 5) is 23.5. The van der Waals surface area contributed by atoms with Gasteiger partial charge in [0.25, 0.3) is 0 Å². The van der Waals surface area contributed by atoms with Crippen molar-refractivity contribution in [3.8, 4) is 23.1 Å². The van der Waals surface area contributed by atoms with Gasteiger partial charge >= 0.3 is 6.09 Å². The monoisotopic (exact) mass is 507 g/mol. The molecule has 1 aliphatic carbocycles. The van der Waals surface area contributed by atoms with Gasteiger partial charge in [0.2, 0.25) is 0 Å². The highest BCUT2D eigenvalue weighted by Crippen LogP contribution is 2.43. The van der Waals surface area contributed by atoms with Gasteiger partial charge in [-0.2, -0.15) is 10.4 Å². The fourth-order valence-corrected chi connectivity index (χ4v) is 4.54. The fourth-order valence-electron chi connectivity index (χ4n) is 4.54. The SMILES string of the molecule is COc1cn2ncc(-c3nc(NC4CCCN(C(=O)OC(C)(C)C)C4)c(C#N)cc3F)c2nc1C1CC1. The van der Waals surface area contributed by atoms with Crippen LogP contribution in [0.3, 0.4) is 0 Å². The molecule has 1 atom stereocenters. The average molecular weight is 508 g/mol. The molecule has 1 aliphatic heterocycles. The normalized spacial score (nSPS) is 17.9. The predicted molar refractivity (Wildman–Crippen MR) is 134 cm³/mol. The smallest absolute Gasteiger partial charge is 0.410 e. The molecule has 0 bridgehead atoms. The third-order valence-electron chi connectivity index (χ3n) is 6.44. The van der Waals surface area contributed by atoms with Crippen molar-refractivity contribution in [1.29, 1.82) is 5.26 Å². The molecule has 2 fully saturated rings.